The van der Waals surface area contributed by atoms with Crippen LogP contribution in [0.4, 0.5) is 0 Å². The van der Waals surface area contributed by atoms with Crippen LogP contribution in [0.15, 0.2) is 47.1 Å². The maximum absolute atomic E-state index is 10.4. The Morgan fingerprint density at radius 2 is 1.94 bits per heavy atom. The zero-order valence-electron chi connectivity index (χ0n) is 8.97. The van der Waals surface area contributed by atoms with Crippen molar-refractivity contribution in [3.8, 4) is 12.3 Å². The molecular weight excluding hydrogens is 200 g/mol. The summed E-state index contributed by atoms with van der Waals surface area (Å²) >= 11 is 0. The first-order chi connectivity index (χ1) is 7.66. The number of rotatable bonds is 2. The van der Waals surface area contributed by atoms with E-state index < -0.39 is 5.60 Å². The van der Waals surface area contributed by atoms with Crippen LogP contribution >= 0.6 is 0 Å². The topological polar surface area (TPSA) is 33.4 Å². The van der Waals surface area contributed by atoms with E-state index in [2.05, 4.69) is 5.92 Å². The normalized spacial score (nSPS) is 14.1. The molecule has 1 aromatic heterocycles. The van der Waals surface area contributed by atoms with E-state index in [0.717, 1.165) is 5.56 Å². The molecule has 0 saturated carbocycles. The number of aliphatic hydroxyl groups is 1. The molecule has 0 aliphatic heterocycles. The molecule has 2 aromatic rings. The van der Waals surface area contributed by atoms with E-state index in [0.29, 0.717) is 11.3 Å². The van der Waals surface area contributed by atoms with Crippen molar-refractivity contribution in [3.05, 3.63) is 59.5 Å². The molecule has 0 bridgehead atoms. The van der Waals surface area contributed by atoms with Crippen LogP contribution < -0.4 is 0 Å². The number of hydrogen-bond donors (Lipinski definition) is 1. The highest BCUT2D eigenvalue weighted by molar-refractivity contribution is 5.40. The molecule has 0 spiro atoms. The molecule has 0 fully saturated rings. The van der Waals surface area contributed by atoms with E-state index in [-0.39, 0.29) is 0 Å². The Morgan fingerprint density at radius 3 is 2.44 bits per heavy atom. The number of terminal acetylenes is 1. The highest BCUT2D eigenvalue weighted by Crippen LogP contribution is 2.29. The van der Waals surface area contributed by atoms with E-state index in [1.165, 1.54) is 6.26 Å². The van der Waals surface area contributed by atoms with Gasteiger partial charge in [0.15, 0.2) is 5.76 Å². The smallest absolute Gasteiger partial charge is 0.209 e. The van der Waals surface area contributed by atoms with Gasteiger partial charge in [0, 0.05) is 5.56 Å². The van der Waals surface area contributed by atoms with E-state index in [1.54, 1.807) is 24.3 Å². The van der Waals surface area contributed by atoms with E-state index >= 15 is 0 Å². The largest absolute Gasteiger partial charge is 0.465 e. The summed E-state index contributed by atoms with van der Waals surface area (Å²) in [4.78, 5) is 0. The summed E-state index contributed by atoms with van der Waals surface area (Å²) in [6.45, 7) is 1.98. The van der Waals surface area contributed by atoms with Crippen molar-refractivity contribution in [2.75, 3.05) is 0 Å². The summed E-state index contributed by atoms with van der Waals surface area (Å²) in [6, 6.07) is 10.8. The standard InChI is InChI=1S/C14H12O2/c1-3-14(15,13-5-4-10-16-13)12-8-6-11(2)7-9-12/h1,4-10,15H,2H3. The lowest BCUT2D eigenvalue weighted by Crippen LogP contribution is -2.24. The van der Waals surface area contributed by atoms with Gasteiger partial charge in [-0.25, -0.2) is 0 Å². The summed E-state index contributed by atoms with van der Waals surface area (Å²) in [7, 11) is 0. The Balaban J connectivity index is 2.51. The van der Waals surface area contributed by atoms with Crippen molar-refractivity contribution in [2.24, 2.45) is 0 Å². The van der Waals surface area contributed by atoms with Crippen LogP contribution in [0.3, 0.4) is 0 Å². The van der Waals surface area contributed by atoms with Crippen molar-refractivity contribution >= 4 is 0 Å². The summed E-state index contributed by atoms with van der Waals surface area (Å²) in [5.74, 6) is 2.74. The van der Waals surface area contributed by atoms with Crippen LogP contribution in [0, 0.1) is 19.3 Å². The van der Waals surface area contributed by atoms with Crippen LogP contribution in [0.5, 0.6) is 0 Å². The third-order valence-corrected chi connectivity index (χ3v) is 2.56. The molecule has 1 aromatic carbocycles. The molecule has 0 aliphatic rings. The zero-order valence-corrected chi connectivity index (χ0v) is 8.97. The average Bonchev–Trinajstić information content (AvgIpc) is 2.83. The first-order valence-electron chi connectivity index (χ1n) is 4.98. The molecule has 0 saturated heterocycles. The molecule has 0 amide bonds. The first kappa shape index (κ1) is 10.5. The zero-order chi connectivity index (χ0) is 11.6. The second kappa shape index (κ2) is 3.88. The predicted molar refractivity (Wildman–Crippen MR) is 61.7 cm³/mol. The number of aryl methyl sites for hydroxylation is 1. The van der Waals surface area contributed by atoms with Gasteiger partial charge in [0.05, 0.1) is 6.26 Å². The average molecular weight is 212 g/mol. The molecule has 2 nitrogen and oxygen atoms in total. The highest BCUT2D eigenvalue weighted by atomic mass is 16.4. The fourth-order valence-corrected chi connectivity index (χ4v) is 1.58. The molecule has 2 heteroatoms. The fourth-order valence-electron chi connectivity index (χ4n) is 1.58. The molecule has 16 heavy (non-hydrogen) atoms. The summed E-state index contributed by atoms with van der Waals surface area (Å²) < 4.78 is 5.18. The molecule has 2 rings (SSSR count). The van der Waals surface area contributed by atoms with Gasteiger partial charge in [-0.1, -0.05) is 35.7 Å². The van der Waals surface area contributed by atoms with Gasteiger partial charge in [-0.2, -0.15) is 0 Å². The molecule has 0 aliphatic carbocycles. The molecule has 1 heterocycles. The van der Waals surface area contributed by atoms with Gasteiger partial charge in [0.2, 0.25) is 5.60 Å². The molecule has 1 unspecified atom stereocenters. The maximum Gasteiger partial charge on any atom is 0.209 e. The van der Waals surface area contributed by atoms with Crippen LogP contribution in [-0.2, 0) is 5.60 Å². The molecule has 80 valence electrons. The van der Waals surface area contributed by atoms with Crippen LogP contribution in [0.2, 0.25) is 0 Å². The second-order valence-electron chi connectivity index (χ2n) is 3.70. The van der Waals surface area contributed by atoms with Gasteiger partial charge in [-0.3, -0.25) is 0 Å². The summed E-state index contributed by atoms with van der Waals surface area (Å²) in [5.41, 5.74) is 0.259. The Bertz CT molecular complexity index is 503. The monoisotopic (exact) mass is 212 g/mol. The third-order valence-electron chi connectivity index (χ3n) is 2.56. The lowest BCUT2D eigenvalue weighted by molar-refractivity contribution is 0.118. The van der Waals surface area contributed by atoms with Crippen LogP contribution in [0.25, 0.3) is 0 Å². The van der Waals surface area contributed by atoms with Gasteiger partial charge >= 0.3 is 0 Å². The Morgan fingerprint density at radius 1 is 1.25 bits per heavy atom. The Labute approximate surface area is 94.5 Å². The molecule has 1 atom stereocenters. The minimum Gasteiger partial charge on any atom is -0.465 e. The van der Waals surface area contributed by atoms with Gasteiger partial charge in [0.25, 0.3) is 0 Å². The van der Waals surface area contributed by atoms with Crippen LogP contribution in [0.1, 0.15) is 16.9 Å². The van der Waals surface area contributed by atoms with Gasteiger partial charge in [-0.15, -0.1) is 6.42 Å². The van der Waals surface area contributed by atoms with Gasteiger partial charge in [-0.05, 0) is 19.1 Å². The van der Waals surface area contributed by atoms with Crippen LogP contribution in [-0.4, -0.2) is 5.11 Å². The first-order valence-corrected chi connectivity index (χ1v) is 4.98. The predicted octanol–water partition coefficient (Wildman–Crippen LogP) is 2.46. The third kappa shape index (κ3) is 1.62. The van der Waals surface area contributed by atoms with Crippen molar-refractivity contribution < 1.29 is 9.52 Å². The number of benzene rings is 1. The quantitative estimate of drug-likeness (QED) is 0.776. The van der Waals surface area contributed by atoms with Crippen molar-refractivity contribution in [1.29, 1.82) is 0 Å². The number of hydrogen-bond acceptors (Lipinski definition) is 2. The SMILES string of the molecule is C#CC(O)(c1ccc(C)cc1)c1ccco1. The minimum absolute atomic E-state index is 0.360. The highest BCUT2D eigenvalue weighted by Gasteiger charge is 2.31. The molecular formula is C14H12O2. The molecule has 1 N–H and O–H groups in total. The molecule has 0 radical (unpaired) electrons. The number of furan rings is 1. The van der Waals surface area contributed by atoms with Crippen molar-refractivity contribution in [2.45, 2.75) is 12.5 Å². The fraction of sp³-hybridized carbons (Fsp3) is 0.143. The maximum atomic E-state index is 10.4. The lowest BCUT2D eigenvalue weighted by atomic mass is 9.91. The van der Waals surface area contributed by atoms with Gasteiger partial charge in [0.1, 0.15) is 0 Å². The summed E-state index contributed by atoms with van der Waals surface area (Å²) in [5, 5.41) is 10.4. The summed E-state index contributed by atoms with van der Waals surface area (Å²) in [6.07, 6.45) is 6.90. The minimum atomic E-state index is -1.49. The van der Waals surface area contributed by atoms with Gasteiger partial charge < -0.3 is 9.52 Å². The van der Waals surface area contributed by atoms with Crippen molar-refractivity contribution in [3.63, 3.8) is 0 Å². The second-order valence-corrected chi connectivity index (χ2v) is 3.70. The lowest BCUT2D eigenvalue weighted by Gasteiger charge is -2.20. The van der Waals surface area contributed by atoms with E-state index in [4.69, 9.17) is 10.8 Å². The van der Waals surface area contributed by atoms with E-state index in [9.17, 15) is 5.11 Å². The van der Waals surface area contributed by atoms with E-state index in [1.807, 2.05) is 19.1 Å². The Kier molecular flexibility index (Phi) is 2.55. The van der Waals surface area contributed by atoms with Crippen molar-refractivity contribution in [1.82, 2.24) is 0 Å². The Hall–Kier alpha value is -1.98.